The average Bonchev–Trinajstić information content (AvgIpc) is 2.38. The van der Waals surface area contributed by atoms with Crippen molar-refractivity contribution in [3.8, 4) is 11.6 Å². The number of ether oxygens (including phenoxy) is 2. The molecule has 2 aromatic rings. The van der Waals surface area contributed by atoms with E-state index < -0.39 is 0 Å². The van der Waals surface area contributed by atoms with E-state index in [0.29, 0.717) is 23.4 Å². The number of nitrogens with zero attached hydrogens (tertiary/aromatic N) is 1. The smallest absolute Gasteiger partial charge is 0.215 e. The summed E-state index contributed by atoms with van der Waals surface area (Å²) in [7, 11) is 1.55. The highest BCUT2D eigenvalue weighted by Crippen LogP contribution is 2.24. The summed E-state index contributed by atoms with van der Waals surface area (Å²) in [6.45, 7) is 0.469. The minimum Gasteiger partial charge on any atom is -0.494 e. The standard InChI is InChI=1S/C13H12ClNO2/c1-16-11-7-8-12(15-13(11)14)17-9-10-5-3-2-4-6-10/h2-8H,9H2,1H3. The molecule has 88 valence electrons. The Balaban J connectivity index is 2.02. The molecule has 0 atom stereocenters. The Morgan fingerprint density at radius 3 is 2.53 bits per heavy atom. The van der Waals surface area contributed by atoms with E-state index in [-0.39, 0.29) is 0 Å². The fraction of sp³-hybridized carbons (Fsp3) is 0.154. The van der Waals surface area contributed by atoms with Gasteiger partial charge in [0.1, 0.15) is 6.61 Å². The summed E-state index contributed by atoms with van der Waals surface area (Å²) in [5.41, 5.74) is 1.08. The van der Waals surface area contributed by atoms with Crippen LogP contribution >= 0.6 is 11.6 Å². The van der Waals surface area contributed by atoms with Crippen molar-refractivity contribution >= 4 is 11.6 Å². The van der Waals surface area contributed by atoms with Crippen LogP contribution in [0.3, 0.4) is 0 Å². The van der Waals surface area contributed by atoms with Gasteiger partial charge in [-0.3, -0.25) is 0 Å². The topological polar surface area (TPSA) is 31.4 Å². The van der Waals surface area contributed by atoms with Gasteiger partial charge in [-0.05, 0) is 11.6 Å². The summed E-state index contributed by atoms with van der Waals surface area (Å²) in [5.74, 6) is 1.03. The summed E-state index contributed by atoms with van der Waals surface area (Å²) in [4.78, 5) is 4.08. The zero-order valence-corrected chi connectivity index (χ0v) is 10.1. The highest BCUT2D eigenvalue weighted by molar-refractivity contribution is 6.30. The number of halogens is 1. The van der Waals surface area contributed by atoms with Crippen molar-refractivity contribution in [2.75, 3.05) is 7.11 Å². The summed E-state index contributed by atoms with van der Waals surface area (Å²) in [5, 5.41) is 0.304. The van der Waals surface area contributed by atoms with E-state index in [1.807, 2.05) is 30.3 Å². The van der Waals surface area contributed by atoms with Crippen molar-refractivity contribution in [2.24, 2.45) is 0 Å². The Hall–Kier alpha value is -1.74. The molecule has 2 rings (SSSR count). The van der Waals surface area contributed by atoms with Crippen molar-refractivity contribution in [1.82, 2.24) is 4.98 Å². The second kappa shape index (κ2) is 5.55. The van der Waals surface area contributed by atoms with Crippen LogP contribution in [0, 0.1) is 0 Å². The molecule has 0 fully saturated rings. The lowest BCUT2D eigenvalue weighted by molar-refractivity contribution is 0.292. The van der Waals surface area contributed by atoms with Gasteiger partial charge in [0.25, 0.3) is 0 Å². The van der Waals surface area contributed by atoms with Crippen molar-refractivity contribution in [3.05, 3.63) is 53.2 Å². The maximum absolute atomic E-state index is 5.90. The largest absolute Gasteiger partial charge is 0.494 e. The van der Waals surface area contributed by atoms with Gasteiger partial charge in [-0.25, -0.2) is 0 Å². The second-order valence-corrected chi connectivity index (χ2v) is 3.77. The predicted octanol–water partition coefficient (Wildman–Crippen LogP) is 3.32. The number of hydrogen-bond donors (Lipinski definition) is 0. The molecule has 0 bridgehead atoms. The Bertz CT molecular complexity index is 488. The van der Waals surface area contributed by atoms with Gasteiger partial charge in [-0.2, -0.15) is 4.98 Å². The minimum absolute atomic E-state index is 0.304. The third-order valence-electron chi connectivity index (χ3n) is 2.24. The lowest BCUT2D eigenvalue weighted by atomic mass is 10.2. The maximum Gasteiger partial charge on any atom is 0.215 e. The molecule has 0 radical (unpaired) electrons. The number of methoxy groups -OCH3 is 1. The van der Waals surface area contributed by atoms with Gasteiger partial charge in [-0.15, -0.1) is 0 Å². The lowest BCUT2D eigenvalue weighted by Gasteiger charge is -2.07. The van der Waals surface area contributed by atoms with Crippen LogP contribution in [0.1, 0.15) is 5.56 Å². The number of rotatable bonds is 4. The summed E-state index contributed by atoms with van der Waals surface area (Å²) in [6, 6.07) is 13.3. The van der Waals surface area contributed by atoms with Crippen molar-refractivity contribution < 1.29 is 9.47 Å². The molecule has 0 aliphatic rings. The molecular weight excluding hydrogens is 238 g/mol. The van der Waals surface area contributed by atoms with Gasteiger partial charge in [0.2, 0.25) is 5.88 Å². The van der Waals surface area contributed by atoms with E-state index in [9.17, 15) is 0 Å². The summed E-state index contributed by atoms with van der Waals surface area (Å²) >= 11 is 5.90. The number of hydrogen-bond acceptors (Lipinski definition) is 3. The molecule has 3 nitrogen and oxygen atoms in total. The van der Waals surface area contributed by atoms with Crippen LogP contribution in [0.15, 0.2) is 42.5 Å². The van der Waals surface area contributed by atoms with E-state index in [1.54, 1.807) is 19.2 Å². The zero-order chi connectivity index (χ0) is 12.1. The third-order valence-corrected chi connectivity index (χ3v) is 2.51. The van der Waals surface area contributed by atoms with E-state index >= 15 is 0 Å². The monoisotopic (exact) mass is 249 g/mol. The first kappa shape index (κ1) is 11.7. The maximum atomic E-state index is 5.90. The minimum atomic E-state index is 0.304. The number of benzene rings is 1. The summed E-state index contributed by atoms with van der Waals surface area (Å²) in [6.07, 6.45) is 0. The molecule has 0 saturated carbocycles. The highest BCUT2D eigenvalue weighted by Gasteiger charge is 2.04. The van der Waals surface area contributed by atoms with Gasteiger partial charge in [0.05, 0.1) is 7.11 Å². The Morgan fingerprint density at radius 1 is 1.12 bits per heavy atom. The quantitative estimate of drug-likeness (QED) is 0.779. The normalized spacial score (nSPS) is 10.0. The Labute approximate surface area is 105 Å². The van der Waals surface area contributed by atoms with Crippen LogP contribution in [0.4, 0.5) is 0 Å². The molecule has 0 aliphatic carbocycles. The van der Waals surface area contributed by atoms with Gasteiger partial charge in [0, 0.05) is 6.07 Å². The SMILES string of the molecule is COc1ccc(OCc2ccccc2)nc1Cl. The molecule has 1 aromatic heterocycles. The summed E-state index contributed by atoms with van der Waals surface area (Å²) < 4.78 is 10.5. The first-order valence-electron chi connectivity index (χ1n) is 5.17. The Kier molecular flexibility index (Phi) is 3.83. The molecular formula is C13H12ClNO2. The first-order chi connectivity index (χ1) is 8.29. The lowest BCUT2D eigenvalue weighted by Crippen LogP contribution is -1.97. The molecule has 17 heavy (non-hydrogen) atoms. The highest BCUT2D eigenvalue weighted by atomic mass is 35.5. The van der Waals surface area contributed by atoms with Gasteiger partial charge in [0.15, 0.2) is 10.9 Å². The fourth-order valence-electron chi connectivity index (χ4n) is 1.37. The fourth-order valence-corrected chi connectivity index (χ4v) is 1.59. The van der Waals surface area contributed by atoms with Crippen molar-refractivity contribution in [1.29, 1.82) is 0 Å². The predicted molar refractivity (Wildman–Crippen MR) is 66.6 cm³/mol. The van der Waals surface area contributed by atoms with Crippen LogP contribution in [0.5, 0.6) is 11.6 Å². The van der Waals surface area contributed by atoms with Gasteiger partial charge < -0.3 is 9.47 Å². The average molecular weight is 250 g/mol. The molecule has 4 heteroatoms. The first-order valence-corrected chi connectivity index (χ1v) is 5.54. The molecule has 0 N–H and O–H groups in total. The van der Waals surface area contributed by atoms with Crippen LogP contribution in [0.2, 0.25) is 5.15 Å². The Morgan fingerprint density at radius 2 is 1.88 bits per heavy atom. The molecule has 0 unspecified atom stereocenters. The van der Waals surface area contributed by atoms with Crippen LogP contribution < -0.4 is 9.47 Å². The molecule has 1 heterocycles. The zero-order valence-electron chi connectivity index (χ0n) is 9.39. The van der Waals surface area contributed by atoms with E-state index in [2.05, 4.69) is 4.98 Å². The van der Waals surface area contributed by atoms with Gasteiger partial charge in [-0.1, -0.05) is 41.9 Å². The van der Waals surface area contributed by atoms with Crippen molar-refractivity contribution in [2.45, 2.75) is 6.61 Å². The number of pyridine rings is 1. The van der Waals surface area contributed by atoms with E-state index in [0.717, 1.165) is 5.56 Å². The molecule has 0 aliphatic heterocycles. The van der Waals surface area contributed by atoms with E-state index in [1.165, 1.54) is 0 Å². The van der Waals surface area contributed by atoms with E-state index in [4.69, 9.17) is 21.1 Å². The molecule has 0 spiro atoms. The molecule has 1 aromatic carbocycles. The third kappa shape index (κ3) is 3.11. The second-order valence-electron chi connectivity index (χ2n) is 3.42. The van der Waals surface area contributed by atoms with Crippen LogP contribution in [-0.4, -0.2) is 12.1 Å². The van der Waals surface area contributed by atoms with Crippen molar-refractivity contribution in [3.63, 3.8) is 0 Å². The molecule has 0 saturated heterocycles. The van der Waals surface area contributed by atoms with Crippen LogP contribution in [-0.2, 0) is 6.61 Å². The molecule has 0 amide bonds. The van der Waals surface area contributed by atoms with Gasteiger partial charge >= 0.3 is 0 Å². The van der Waals surface area contributed by atoms with Crippen LogP contribution in [0.25, 0.3) is 0 Å². The number of aromatic nitrogens is 1.